The van der Waals surface area contributed by atoms with E-state index < -0.39 is 0 Å². The standard InChI is InChI=1S/C8H16/c1-7-5-4-6-8(7,2)3/h7H,4-6H2,1-3H3/i1D. The van der Waals surface area contributed by atoms with Crippen LogP contribution in [-0.4, -0.2) is 0 Å². The van der Waals surface area contributed by atoms with E-state index in [9.17, 15) is 0 Å². The van der Waals surface area contributed by atoms with Gasteiger partial charge in [0.2, 0.25) is 0 Å². The van der Waals surface area contributed by atoms with E-state index in [1.54, 1.807) is 0 Å². The maximum Gasteiger partial charge on any atom is 0.0233 e. The predicted molar refractivity (Wildman–Crippen MR) is 36.8 cm³/mol. The summed E-state index contributed by atoms with van der Waals surface area (Å²) in [6, 6.07) is 0. The Morgan fingerprint density at radius 3 is 2.62 bits per heavy atom. The van der Waals surface area contributed by atoms with Crippen LogP contribution in [0.4, 0.5) is 0 Å². The second-order valence-corrected chi connectivity index (χ2v) is 3.58. The SMILES string of the molecule is [2H]CC1CCCC1(C)C. The van der Waals surface area contributed by atoms with Crippen LogP contribution in [0.2, 0.25) is 0 Å². The van der Waals surface area contributed by atoms with Crippen LogP contribution in [0.5, 0.6) is 0 Å². The van der Waals surface area contributed by atoms with Crippen molar-refractivity contribution in [3.63, 3.8) is 0 Å². The molecule has 0 aromatic heterocycles. The first kappa shape index (κ1) is 4.84. The Kier molecular flexibility index (Phi) is 1.06. The van der Waals surface area contributed by atoms with Crippen molar-refractivity contribution >= 4 is 0 Å². The molecule has 0 amide bonds. The van der Waals surface area contributed by atoms with E-state index in [2.05, 4.69) is 13.8 Å². The van der Waals surface area contributed by atoms with Crippen LogP contribution in [0.3, 0.4) is 0 Å². The largest absolute Gasteiger partial charge is 0.0620 e. The Bertz CT molecular complexity index is 96.7. The minimum Gasteiger partial charge on any atom is -0.0620 e. The summed E-state index contributed by atoms with van der Waals surface area (Å²) in [5, 5.41) is 0. The van der Waals surface area contributed by atoms with Crippen molar-refractivity contribution in [2.24, 2.45) is 11.3 Å². The summed E-state index contributed by atoms with van der Waals surface area (Å²) in [7, 11) is 0. The van der Waals surface area contributed by atoms with Gasteiger partial charge in [0.15, 0.2) is 0 Å². The average Bonchev–Trinajstić information content (AvgIpc) is 2.08. The molecular formula is C8H16. The molecular weight excluding hydrogens is 96.1 g/mol. The van der Waals surface area contributed by atoms with E-state index in [0.717, 1.165) is 0 Å². The van der Waals surface area contributed by atoms with Gasteiger partial charge in [-0.3, -0.25) is 0 Å². The van der Waals surface area contributed by atoms with E-state index in [4.69, 9.17) is 1.37 Å². The van der Waals surface area contributed by atoms with Gasteiger partial charge < -0.3 is 0 Å². The minimum absolute atomic E-state index is 0.474. The Morgan fingerprint density at radius 1 is 1.62 bits per heavy atom. The number of hydrogen-bond donors (Lipinski definition) is 0. The van der Waals surface area contributed by atoms with Crippen LogP contribution in [0.1, 0.15) is 41.4 Å². The number of hydrogen-bond acceptors (Lipinski definition) is 0. The summed E-state index contributed by atoms with van der Waals surface area (Å²) in [6.07, 6.45) is 3.96. The van der Waals surface area contributed by atoms with Gasteiger partial charge in [0.05, 0.1) is 0 Å². The lowest BCUT2D eigenvalue weighted by Gasteiger charge is -2.22. The van der Waals surface area contributed by atoms with Gasteiger partial charge in [-0.1, -0.05) is 33.6 Å². The molecule has 0 spiro atoms. The summed E-state index contributed by atoms with van der Waals surface area (Å²) in [5.41, 5.74) is 0.474. The van der Waals surface area contributed by atoms with Crippen LogP contribution in [0.15, 0.2) is 0 Å². The van der Waals surface area contributed by atoms with E-state index >= 15 is 0 Å². The maximum absolute atomic E-state index is 7.26. The van der Waals surface area contributed by atoms with Gasteiger partial charge in [-0.2, -0.15) is 0 Å². The maximum atomic E-state index is 7.26. The normalized spacial score (nSPS) is 37.2. The van der Waals surface area contributed by atoms with E-state index in [0.29, 0.717) is 18.2 Å². The zero-order valence-electron chi connectivity index (χ0n) is 6.91. The summed E-state index contributed by atoms with van der Waals surface area (Å²) in [4.78, 5) is 0. The molecule has 0 heterocycles. The molecule has 0 bridgehead atoms. The first-order chi connectivity index (χ1) is 4.17. The van der Waals surface area contributed by atoms with Gasteiger partial charge in [0, 0.05) is 1.37 Å². The quantitative estimate of drug-likeness (QED) is 0.453. The van der Waals surface area contributed by atoms with Gasteiger partial charge in [-0.25, -0.2) is 0 Å². The summed E-state index contributed by atoms with van der Waals surface area (Å²) in [5.74, 6) is 0.678. The fraction of sp³-hybridized carbons (Fsp3) is 1.00. The molecule has 0 nitrogen and oxygen atoms in total. The summed E-state index contributed by atoms with van der Waals surface area (Å²) in [6.45, 7) is 5.21. The van der Waals surface area contributed by atoms with E-state index in [-0.39, 0.29) is 0 Å². The summed E-state index contributed by atoms with van der Waals surface area (Å²) < 4.78 is 7.26. The van der Waals surface area contributed by atoms with Gasteiger partial charge in [-0.05, 0) is 17.8 Å². The van der Waals surface area contributed by atoms with Crippen molar-refractivity contribution in [2.45, 2.75) is 40.0 Å². The Hall–Kier alpha value is 0. The lowest BCUT2D eigenvalue weighted by molar-refractivity contribution is 0.281. The first-order valence-electron chi connectivity index (χ1n) is 4.17. The predicted octanol–water partition coefficient (Wildman–Crippen LogP) is 2.83. The Morgan fingerprint density at radius 2 is 2.38 bits per heavy atom. The fourth-order valence-electron chi connectivity index (χ4n) is 1.40. The Balaban J connectivity index is 2.52. The molecule has 1 aliphatic rings. The van der Waals surface area contributed by atoms with Crippen molar-refractivity contribution in [1.29, 1.82) is 0 Å². The van der Waals surface area contributed by atoms with E-state index in [1.165, 1.54) is 19.3 Å². The highest BCUT2D eigenvalue weighted by molar-refractivity contribution is 4.81. The van der Waals surface area contributed by atoms with Gasteiger partial charge >= 0.3 is 0 Å². The lowest BCUT2D eigenvalue weighted by Crippen LogP contribution is -2.13. The zero-order valence-corrected chi connectivity index (χ0v) is 5.91. The van der Waals surface area contributed by atoms with Crippen LogP contribution in [0.25, 0.3) is 0 Å². The fourth-order valence-corrected chi connectivity index (χ4v) is 1.40. The molecule has 0 aromatic carbocycles. The van der Waals surface area contributed by atoms with Gasteiger partial charge in [0.25, 0.3) is 0 Å². The molecule has 48 valence electrons. The van der Waals surface area contributed by atoms with Gasteiger partial charge in [0.1, 0.15) is 0 Å². The molecule has 0 aromatic rings. The second kappa shape index (κ2) is 1.75. The van der Waals surface area contributed by atoms with Crippen molar-refractivity contribution in [3.05, 3.63) is 0 Å². The molecule has 0 aliphatic heterocycles. The minimum atomic E-state index is 0.474. The first-order valence-corrected chi connectivity index (χ1v) is 3.46. The molecule has 1 rings (SSSR count). The third-order valence-electron chi connectivity index (χ3n) is 2.48. The molecule has 1 unspecified atom stereocenters. The highest BCUT2D eigenvalue weighted by atomic mass is 14.4. The smallest absolute Gasteiger partial charge is 0.0233 e. The van der Waals surface area contributed by atoms with Gasteiger partial charge in [-0.15, -0.1) is 0 Å². The molecule has 0 heteroatoms. The molecule has 1 fully saturated rings. The average molecular weight is 113 g/mol. The topological polar surface area (TPSA) is 0 Å². The molecule has 1 saturated carbocycles. The summed E-state index contributed by atoms with van der Waals surface area (Å²) >= 11 is 0. The highest BCUT2D eigenvalue weighted by Gasteiger charge is 2.30. The van der Waals surface area contributed by atoms with Crippen LogP contribution in [-0.2, 0) is 0 Å². The monoisotopic (exact) mass is 113 g/mol. The molecule has 0 saturated heterocycles. The molecule has 1 aliphatic carbocycles. The lowest BCUT2D eigenvalue weighted by atomic mass is 9.83. The second-order valence-electron chi connectivity index (χ2n) is 3.58. The third kappa shape index (κ3) is 0.888. The Labute approximate surface area is 53.7 Å². The van der Waals surface area contributed by atoms with Crippen LogP contribution >= 0.6 is 0 Å². The van der Waals surface area contributed by atoms with Crippen molar-refractivity contribution in [2.75, 3.05) is 0 Å². The van der Waals surface area contributed by atoms with Crippen molar-refractivity contribution < 1.29 is 1.37 Å². The zero-order chi connectivity index (χ0) is 6.91. The molecule has 8 heavy (non-hydrogen) atoms. The van der Waals surface area contributed by atoms with Crippen molar-refractivity contribution in [3.8, 4) is 0 Å². The third-order valence-corrected chi connectivity index (χ3v) is 2.48. The molecule has 0 N–H and O–H groups in total. The molecule has 1 atom stereocenters. The molecule has 0 radical (unpaired) electrons. The van der Waals surface area contributed by atoms with Crippen molar-refractivity contribution in [1.82, 2.24) is 0 Å². The van der Waals surface area contributed by atoms with E-state index in [1.807, 2.05) is 0 Å². The highest BCUT2D eigenvalue weighted by Crippen LogP contribution is 2.41. The van der Waals surface area contributed by atoms with Crippen LogP contribution < -0.4 is 0 Å². The van der Waals surface area contributed by atoms with Crippen LogP contribution in [0, 0.1) is 11.3 Å². The number of rotatable bonds is 0.